The molecule has 0 aromatic carbocycles. The molecule has 94 valence electrons. The molecule has 1 aromatic heterocycles. The number of aryl methyl sites for hydroxylation is 1. The van der Waals surface area contributed by atoms with Crippen molar-refractivity contribution in [3.63, 3.8) is 0 Å². The summed E-state index contributed by atoms with van der Waals surface area (Å²) in [6.45, 7) is 2.00. The van der Waals surface area contributed by atoms with Gasteiger partial charge in [0.2, 0.25) is 0 Å². The van der Waals surface area contributed by atoms with E-state index in [9.17, 15) is 0 Å². The van der Waals surface area contributed by atoms with E-state index in [-0.39, 0.29) is 0 Å². The number of piperidine rings is 1. The fourth-order valence-electron chi connectivity index (χ4n) is 3.49. The third-order valence-corrected chi connectivity index (χ3v) is 4.37. The molecule has 3 nitrogen and oxygen atoms in total. The number of hydrogen-bond acceptors (Lipinski definition) is 3. The van der Waals surface area contributed by atoms with E-state index < -0.39 is 0 Å². The van der Waals surface area contributed by atoms with Gasteiger partial charge in [0.15, 0.2) is 0 Å². The van der Waals surface area contributed by atoms with Crippen LogP contribution in [-0.2, 0) is 6.42 Å². The van der Waals surface area contributed by atoms with Gasteiger partial charge in [-0.1, -0.05) is 6.42 Å². The van der Waals surface area contributed by atoms with Crippen molar-refractivity contribution in [3.05, 3.63) is 23.7 Å². The van der Waals surface area contributed by atoms with E-state index in [0.717, 1.165) is 13.0 Å². The van der Waals surface area contributed by atoms with E-state index in [4.69, 9.17) is 10.2 Å². The Kier molecular flexibility index (Phi) is 3.21. The summed E-state index contributed by atoms with van der Waals surface area (Å²) in [7, 11) is 0. The number of likely N-dealkylation sites (tertiary alicyclic amines) is 1. The number of furan rings is 1. The van der Waals surface area contributed by atoms with Gasteiger partial charge in [-0.15, -0.1) is 0 Å². The van der Waals surface area contributed by atoms with Crippen molar-refractivity contribution >= 4 is 0 Å². The average molecular weight is 234 g/mol. The SMILES string of the molecule is NCC1CCCCN1C1CCCc2occc21. The van der Waals surface area contributed by atoms with Gasteiger partial charge in [0.1, 0.15) is 5.76 Å². The summed E-state index contributed by atoms with van der Waals surface area (Å²) in [4.78, 5) is 2.64. The minimum absolute atomic E-state index is 0.561. The van der Waals surface area contributed by atoms with Crippen molar-refractivity contribution in [1.29, 1.82) is 0 Å². The molecule has 1 aromatic rings. The summed E-state index contributed by atoms with van der Waals surface area (Å²) in [5.41, 5.74) is 7.36. The maximum atomic E-state index is 5.93. The molecule has 0 spiro atoms. The first-order chi connectivity index (χ1) is 8.40. The topological polar surface area (TPSA) is 42.4 Å². The second kappa shape index (κ2) is 4.83. The van der Waals surface area contributed by atoms with Crippen LogP contribution in [0, 0.1) is 0 Å². The lowest BCUT2D eigenvalue weighted by Gasteiger charge is -2.42. The van der Waals surface area contributed by atoms with Gasteiger partial charge in [-0.25, -0.2) is 0 Å². The standard InChI is InChI=1S/C14H22N2O/c15-10-11-4-1-2-8-16(11)13-5-3-6-14-12(13)7-9-17-14/h7,9,11,13H,1-6,8,10,15H2. The smallest absolute Gasteiger partial charge is 0.108 e. The quantitative estimate of drug-likeness (QED) is 0.854. The molecule has 1 aliphatic heterocycles. The van der Waals surface area contributed by atoms with Crippen LogP contribution in [0.1, 0.15) is 49.5 Å². The predicted octanol–water partition coefficient (Wildman–Crippen LogP) is 2.47. The van der Waals surface area contributed by atoms with Crippen molar-refractivity contribution in [3.8, 4) is 0 Å². The molecule has 3 heteroatoms. The Balaban J connectivity index is 1.84. The third kappa shape index (κ3) is 2.02. The van der Waals surface area contributed by atoms with Crippen LogP contribution in [0.4, 0.5) is 0 Å². The molecule has 2 aliphatic rings. The molecule has 17 heavy (non-hydrogen) atoms. The zero-order valence-electron chi connectivity index (χ0n) is 10.4. The largest absolute Gasteiger partial charge is 0.469 e. The molecule has 0 saturated carbocycles. The normalized spacial score (nSPS) is 30.2. The molecular weight excluding hydrogens is 212 g/mol. The molecule has 1 aliphatic carbocycles. The molecule has 0 amide bonds. The fourth-order valence-corrected chi connectivity index (χ4v) is 3.49. The van der Waals surface area contributed by atoms with E-state index in [1.54, 1.807) is 0 Å². The molecule has 2 atom stereocenters. The molecule has 1 saturated heterocycles. The van der Waals surface area contributed by atoms with Crippen molar-refractivity contribution in [1.82, 2.24) is 4.90 Å². The van der Waals surface area contributed by atoms with Gasteiger partial charge >= 0.3 is 0 Å². The van der Waals surface area contributed by atoms with Gasteiger partial charge in [0, 0.05) is 30.6 Å². The Hall–Kier alpha value is -0.800. The molecule has 3 rings (SSSR count). The molecule has 1 fully saturated rings. The van der Waals surface area contributed by atoms with Crippen LogP contribution in [0.5, 0.6) is 0 Å². The third-order valence-electron chi connectivity index (χ3n) is 4.37. The van der Waals surface area contributed by atoms with Crippen molar-refractivity contribution in [2.24, 2.45) is 5.73 Å². The van der Waals surface area contributed by atoms with Crippen LogP contribution in [0.3, 0.4) is 0 Å². The molecule has 0 bridgehead atoms. The lowest BCUT2D eigenvalue weighted by Crippen LogP contribution is -2.46. The first-order valence-electron chi connectivity index (χ1n) is 6.92. The van der Waals surface area contributed by atoms with Crippen molar-refractivity contribution in [2.45, 2.75) is 50.6 Å². The minimum atomic E-state index is 0.561. The first-order valence-corrected chi connectivity index (χ1v) is 6.92. The maximum absolute atomic E-state index is 5.93. The van der Waals surface area contributed by atoms with Crippen LogP contribution < -0.4 is 5.73 Å². The van der Waals surface area contributed by atoms with E-state index in [1.165, 1.54) is 50.0 Å². The van der Waals surface area contributed by atoms with Gasteiger partial charge in [-0.3, -0.25) is 4.90 Å². The minimum Gasteiger partial charge on any atom is -0.469 e. The predicted molar refractivity (Wildman–Crippen MR) is 67.8 cm³/mol. The highest BCUT2D eigenvalue weighted by atomic mass is 16.3. The number of fused-ring (bicyclic) bond motifs is 1. The Labute approximate surface area is 103 Å². The van der Waals surface area contributed by atoms with E-state index in [0.29, 0.717) is 12.1 Å². The number of hydrogen-bond donors (Lipinski definition) is 1. The maximum Gasteiger partial charge on any atom is 0.108 e. The summed E-state index contributed by atoms with van der Waals surface area (Å²) < 4.78 is 5.59. The zero-order chi connectivity index (χ0) is 11.7. The van der Waals surface area contributed by atoms with Crippen molar-refractivity contribution < 1.29 is 4.42 Å². The van der Waals surface area contributed by atoms with E-state index >= 15 is 0 Å². The lowest BCUT2D eigenvalue weighted by molar-refractivity contribution is 0.0868. The van der Waals surface area contributed by atoms with Gasteiger partial charge < -0.3 is 10.2 Å². The molecular formula is C14H22N2O. The molecule has 2 N–H and O–H groups in total. The molecule has 0 radical (unpaired) electrons. The zero-order valence-corrected chi connectivity index (χ0v) is 10.4. The summed E-state index contributed by atoms with van der Waals surface area (Å²) >= 11 is 0. The van der Waals surface area contributed by atoms with Gasteiger partial charge in [-0.05, 0) is 38.3 Å². The Morgan fingerprint density at radius 1 is 1.29 bits per heavy atom. The van der Waals surface area contributed by atoms with Gasteiger partial charge in [-0.2, -0.15) is 0 Å². The number of nitrogens with two attached hydrogens (primary N) is 1. The average Bonchev–Trinajstić information content (AvgIpc) is 2.86. The fraction of sp³-hybridized carbons (Fsp3) is 0.714. The Morgan fingerprint density at radius 3 is 3.12 bits per heavy atom. The Bertz CT molecular complexity index is 374. The van der Waals surface area contributed by atoms with Crippen LogP contribution in [-0.4, -0.2) is 24.0 Å². The summed E-state index contributed by atoms with van der Waals surface area (Å²) in [6, 6.07) is 3.31. The molecule has 2 heterocycles. The highest BCUT2D eigenvalue weighted by molar-refractivity contribution is 5.24. The lowest BCUT2D eigenvalue weighted by atomic mass is 9.89. The van der Waals surface area contributed by atoms with Crippen molar-refractivity contribution in [2.75, 3.05) is 13.1 Å². The molecule has 2 unspecified atom stereocenters. The first kappa shape index (κ1) is 11.3. The highest BCUT2D eigenvalue weighted by Crippen LogP contribution is 2.37. The highest BCUT2D eigenvalue weighted by Gasteiger charge is 2.32. The summed E-state index contributed by atoms with van der Waals surface area (Å²) in [6.07, 6.45) is 9.40. The van der Waals surface area contributed by atoms with E-state index in [1.807, 2.05) is 6.26 Å². The summed E-state index contributed by atoms with van der Waals surface area (Å²) in [5.74, 6) is 1.21. The van der Waals surface area contributed by atoms with Gasteiger partial charge in [0.05, 0.1) is 6.26 Å². The van der Waals surface area contributed by atoms with Crippen LogP contribution in [0.15, 0.2) is 16.7 Å². The van der Waals surface area contributed by atoms with E-state index in [2.05, 4.69) is 11.0 Å². The second-order valence-corrected chi connectivity index (χ2v) is 5.33. The van der Waals surface area contributed by atoms with Crippen LogP contribution in [0.2, 0.25) is 0 Å². The van der Waals surface area contributed by atoms with Crippen LogP contribution >= 0.6 is 0 Å². The monoisotopic (exact) mass is 234 g/mol. The van der Waals surface area contributed by atoms with Crippen LogP contribution in [0.25, 0.3) is 0 Å². The van der Waals surface area contributed by atoms with Gasteiger partial charge in [0.25, 0.3) is 0 Å². The second-order valence-electron chi connectivity index (χ2n) is 5.33. The summed E-state index contributed by atoms with van der Waals surface area (Å²) in [5, 5.41) is 0. The number of rotatable bonds is 2. The number of nitrogens with zero attached hydrogens (tertiary/aromatic N) is 1. The Morgan fingerprint density at radius 2 is 2.24 bits per heavy atom.